The molecule has 0 aromatic heterocycles. The molecule has 1 aliphatic heterocycles. The van der Waals surface area contributed by atoms with Gasteiger partial charge in [0, 0.05) is 48.7 Å². The molecule has 1 N–H and O–H groups in total. The number of halogens is 6. The second-order valence-corrected chi connectivity index (χ2v) is 6.07. The van der Waals surface area contributed by atoms with Gasteiger partial charge in [-0.05, 0) is 18.2 Å². The summed E-state index contributed by atoms with van der Waals surface area (Å²) in [4.78, 5) is 1.76. The second kappa shape index (κ2) is 7.76. The first-order chi connectivity index (χ1) is 10.8. The highest BCUT2D eigenvalue weighted by molar-refractivity contribution is 9.10. The molecule has 0 bridgehead atoms. The number of ether oxygens (including phenoxy) is 1. The van der Waals surface area contributed by atoms with Gasteiger partial charge in [0.15, 0.2) is 0 Å². The monoisotopic (exact) mass is 402 g/mol. The van der Waals surface area contributed by atoms with Gasteiger partial charge in [0.1, 0.15) is 5.75 Å². The molecule has 2 rings (SSSR count). The van der Waals surface area contributed by atoms with E-state index in [0.29, 0.717) is 30.7 Å². The van der Waals surface area contributed by atoms with E-state index in [-0.39, 0.29) is 5.56 Å². The van der Waals surface area contributed by atoms with Crippen molar-refractivity contribution in [3.05, 3.63) is 28.2 Å². The number of hydrogen-bond donors (Lipinski definition) is 1. The minimum atomic E-state index is -4.87. The van der Waals surface area contributed by atoms with Crippen molar-refractivity contribution in [2.75, 3.05) is 26.2 Å². The van der Waals surface area contributed by atoms with Crippen LogP contribution < -0.4 is 10.1 Å². The van der Waals surface area contributed by atoms with Crippen molar-refractivity contribution in [2.45, 2.75) is 25.3 Å². The van der Waals surface area contributed by atoms with E-state index in [9.17, 15) is 22.0 Å². The van der Waals surface area contributed by atoms with Gasteiger partial charge in [0.25, 0.3) is 0 Å². The summed E-state index contributed by atoms with van der Waals surface area (Å²) < 4.78 is 68.3. The van der Waals surface area contributed by atoms with Gasteiger partial charge < -0.3 is 10.1 Å². The first-order valence-electron chi connectivity index (χ1n) is 7.04. The fourth-order valence-corrected chi connectivity index (χ4v) is 3.01. The molecule has 0 aliphatic carbocycles. The highest BCUT2D eigenvalue weighted by Crippen LogP contribution is 2.38. The lowest BCUT2D eigenvalue weighted by Crippen LogP contribution is -2.45. The number of nitrogens with one attached hydrogen (secondary N) is 1. The Balaban J connectivity index is 2.37. The number of piperazine rings is 1. The van der Waals surface area contributed by atoms with Crippen LogP contribution >= 0.6 is 15.9 Å². The molecule has 9 heteroatoms. The van der Waals surface area contributed by atoms with E-state index in [1.54, 1.807) is 4.90 Å². The minimum absolute atomic E-state index is 0.110. The van der Waals surface area contributed by atoms with Crippen LogP contribution in [0.2, 0.25) is 0 Å². The first-order valence-corrected chi connectivity index (χ1v) is 7.83. The van der Waals surface area contributed by atoms with E-state index < -0.39 is 31.0 Å². The SMILES string of the molecule is FC(F)C[C@H](c1cc(Br)ccc1OC(F)(F)F)N1CCNCC1. The number of rotatable bonds is 5. The van der Waals surface area contributed by atoms with Gasteiger partial charge in [-0.1, -0.05) is 15.9 Å². The molecule has 1 heterocycles. The summed E-state index contributed by atoms with van der Waals surface area (Å²) in [6, 6.07) is 3.11. The molecular formula is C14H16BrF5N2O. The van der Waals surface area contributed by atoms with E-state index >= 15 is 0 Å². The lowest BCUT2D eigenvalue weighted by atomic mass is 10.00. The van der Waals surface area contributed by atoms with Crippen LogP contribution in [-0.4, -0.2) is 43.9 Å². The molecule has 1 aliphatic rings. The normalized spacial score (nSPS) is 18.2. The number of hydrogen-bond acceptors (Lipinski definition) is 3. The lowest BCUT2D eigenvalue weighted by Gasteiger charge is -2.36. The van der Waals surface area contributed by atoms with Crippen LogP contribution in [0.5, 0.6) is 5.75 Å². The molecule has 0 spiro atoms. The predicted molar refractivity (Wildman–Crippen MR) is 78.6 cm³/mol. The van der Waals surface area contributed by atoms with Crippen LogP contribution in [0.15, 0.2) is 22.7 Å². The third-order valence-corrected chi connectivity index (χ3v) is 4.04. The van der Waals surface area contributed by atoms with Crippen molar-refractivity contribution in [3.63, 3.8) is 0 Å². The first kappa shape index (κ1) is 18.4. The van der Waals surface area contributed by atoms with Gasteiger partial charge in [-0.3, -0.25) is 4.90 Å². The Bertz CT molecular complexity index is 520. The van der Waals surface area contributed by atoms with Gasteiger partial charge in [-0.15, -0.1) is 13.2 Å². The fraction of sp³-hybridized carbons (Fsp3) is 0.571. The third-order valence-electron chi connectivity index (χ3n) is 3.55. The summed E-state index contributed by atoms with van der Waals surface area (Å²) in [5.41, 5.74) is 0.110. The molecule has 1 saturated heterocycles. The van der Waals surface area contributed by atoms with Crippen molar-refractivity contribution >= 4 is 15.9 Å². The lowest BCUT2D eigenvalue weighted by molar-refractivity contribution is -0.275. The Morgan fingerprint density at radius 3 is 2.43 bits per heavy atom. The summed E-state index contributed by atoms with van der Waals surface area (Å²) in [6.07, 6.45) is -8.06. The average molecular weight is 403 g/mol. The largest absolute Gasteiger partial charge is 0.573 e. The molecule has 0 amide bonds. The molecule has 1 aromatic rings. The molecule has 23 heavy (non-hydrogen) atoms. The van der Waals surface area contributed by atoms with Crippen molar-refractivity contribution in [1.82, 2.24) is 10.2 Å². The summed E-state index contributed by atoms with van der Waals surface area (Å²) >= 11 is 3.18. The van der Waals surface area contributed by atoms with E-state index in [2.05, 4.69) is 26.0 Å². The Hall–Kier alpha value is -0.930. The highest BCUT2D eigenvalue weighted by atomic mass is 79.9. The predicted octanol–water partition coefficient (Wildman–Crippen LogP) is 3.95. The van der Waals surface area contributed by atoms with E-state index in [1.807, 2.05) is 0 Å². The molecule has 0 radical (unpaired) electrons. The second-order valence-electron chi connectivity index (χ2n) is 5.16. The number of benzene rings is 1. The van der Waals surface area contributed by atoms with Crippen molar-refractivity contribution in [3.8, 4) is 5.75 Å². The van der Waals surface area contributed by atoms with Crippen LogP contribution in [0.25, 0.3) is 0 Å². The molecule has 0 saturated carbocycles. The zero-order valence-electron chi connectivity index (χ0n) is 12.0. The molecule has 1 atom stereocenters. The third kappa shape index (κ3) is 5.58. The summed E-state index contributed by atoms with van der Waals surface area (Å²) in [5, 5.41) is 3.09. The van der Waals surface area contributed by atoms with Crippen molar-refractivity contribution in [1.29, 1.82) is 0 Å². The van der Waals surface area contributed by atoms with E-state index in [1.165, 1.54) is 12.1 Å². The quantitative estimate of drug-likeness (QED) is 0.754. The van der Waals surface area contributed by atoms with Crippen molar-refractivity contribution in [2.24, 2.45) is 0 Å². The summed E-state index contributed by atoms with van der Waals surface area (Å²) in [6.45, 7) is 2.16. The smallest absolute Gasteiger partial charge is 0.405 e. The Morgan fingerprint density at radius 2 is 1.87 bits per heavy atom. The number of nitrogens with zero attached hydrogens (tertiary/aromatic N) is 1. The molecule has 1 aromatic carbocycles. The summed E-state index contributed by atoms with van der Waals surface area (Å²) in [5.74, 6) is -0.440. The van der Waals surface area contributed by atoms with Gasteiger partial charge in [0.05, 0.1) is 0 Å². The Morgan fingerprint density at radius 1 is 1.22 bits per heavy atom. The van der Waals surface area contributed by atoms with E-state index in [4.69, 9.17) is 0 Å². The van der Waals surface area contributed by atoms with Gasteiger partial charge in [-0.2, -0.15) is 0 Å². The van der Waals surface area contributed by atoms with Crippen LogP contribution in [0, 0.1) is 0 Å². The molecule has 3 nitrogen and oxygen atoms in total. The van der Waals surface area contributed by atoms with Gasteiger partial charge in [-0.25, -0.2) is 8.78 Å². The molecule has 0 unspecified atom stereocenters. The standard InChI is InChI=1S/C14H16BrF5N2O/c15-9-1-2-12(23-14(18,19)20)10(7-9)11(8-13(16)17)22-5-3-21-4-6-22/h1-2,7,11,13,21H,3-6,8H2/t11-/m1/s1. The van der Waals surface area contributed by atoms with Gasteiger partial charge >= 0.3 is 6.36 Å². The average Bonchev–Trinajstić information content (AvgIpc) is 2.46. The Kier molecular flexibility index (Phi) is 6.21. The van der Waals surface area contributed by atoms with Gasteiger partial charge in [0.2, 0.25) is 6.43 Å². The summed E-state index contributed by atoms with van der Waals surface area (Å²) in [7, 11) is 0. The molecule has 1 fully saturated rings. The van der Waals surface area contributed by atoms with E-state index in [0.717, 1.165) is 6.07 Å². The highest BCUT2D eigenvalue weighted by Gasteiger charge is 2.35. The van der Waals surface area contributed by atoms with Crippen LogP contribution in [-0.2, 0) is 0 Å². The molecular weight excluding hydrogens is 387 g/mol. The molecule has 130 valence electrons. The maximum atomic E-state index is 13.0. The number of alkyl halides is 5. The van der Waals surface area contributed by atoms with Crippen molar-refractivity contribution < 1.29 is 26.7 Å². The Labute approximate surface area is 138 Å². The van der Waals surface area contributed by atoms with Crippen LogP contribution in [0.4, 0.5) is 22.0 Å². The maximum absolute atomic E-state index is 13.0. The topological polar surface area (TPSA) is 24.5 Å². The fourth-order valence-electron chi connectivity index (χ4n) is 2.63. The zero-order chi connectivity index (χ0) is 17.0. The maximum Gasteiger partial charge on any atom is 0.573 e. The zero-order valence-corrected chi connectivity index (χ0v) is 13.6. The van der Waals surface area contributed by atoms with Crippen LogP contribution in [0.3, 0.4) is 0 Å². The van der Waals surface area contributed by atoms with Crippen LogP contribution in [0.1, 0.15) is 18.0 Å². The minimum Gasteiger partial charge on any atom is -0.405 e.